The molecule has 0 saturated heterocycles. The molecule has 0 bridgehead atoms. The van der Waals surface area contributed by atoms with Gasteiger partial charge >= 0.3 is 6.18 Å². The molecular formula is C8H9F3N2O. The van der Waals surface area contributed by atoms with Crippen LogP contribution in [0.15, 0.2) is 12.1 Å². The zero-order valence-electron chi connectivity index (χ0n) is 7.43. The first kappa shape index (κ1) is 10.6. The lowest BCUT2D eigenvalue weighted by atomic mass is 10.3. The second kappa shape index (κ2) is 3.73. The van der Waals surface area contributed by atoms with Crippen LogP contribution < -0.4 is 10.5 Å². The molecule has 2 N–H and O–H groups in total. The maximum absolute atomic E-state index is 11.7. The van der Waals surface area contributed by atoms with E-state index in [0.29, 0.717) is 5.56 Å². The van der Waals surface area contributed by atoms with Gasteiger partial charge in [-0.3, -0.25) is 0 Å². The van der Waals surface area contributed by atoms with Gasteiger partial charge in [-0.15, -0.1) is 0 Å². The standard InChI is InChI=1S/C8H9F3N2O/c1-5-2-3-6(13-7(5)12)14-4-8(9,10)11/h2-3H,4H2,1H3,(H2,12,13). The highest BCUT2D eigenvalue weighted by molar-refractivity contribution is 5.40. The molecule has 0 radical (unpaired) electrons. The van der Waals surface area contributed by atoms with Crippen LogP contribution in [0.4, 0.5) is 19.0 Å². The number of nitrogen functional groups attached to an aromatic ring is 1. The van der Waals surface area contributed by atoms with Crippen molar-refractivity contribution in [3.63, 3.8) is 0 Å². The number of aromatic nitrogens is 1. The molecule has 78 valence electrons. The first-order valence-electron chi connectivity index (χ1n) is 3.81. The summed E-state index contributed by atoms with van der Waals surface area (Å²) in [7, 11) is 0. The fourth-order valence-corrected chi connectivity index (χ4v) is 0.762. The Labute approximate surface area is 78.7 Å². The monoisotopic (exact) mass is 206 g/mol. The van der Waals surface area contributed by atoms with Crippen LogP contribution in [-0.4, -0.2) is 17.8 Å². The molecule has 0 amide bonds. The topological polar surface area (TPSA) is 48.1 Å². The molecule has 0 aliphatic rings. The number of rotatable bonds is 2. The molecule has 0 saturated carbocycles. The Morgan fingerprint density at radius 1 is 1.43 bits per heavy atom. The smallest absolute Gasteiger partial charge is 0.422 e. The molecule has 0 aliphatic heterocycles. The number of alkyl halides is 3. The van der Waals surface area contributed by atoms with E-state index in [9.17, 15) is 13.2 Å². The fraction of sp³-hybridized carbons (Fsp3) is 0.375. The zero-order valence-corrected chi connectivity index (χ0v) is 7.43. The SMILES string of the molecule is Cc1ccc(OCC(F)(F)F)nc1N. The summed E-state index contributed by atoms with van der Waals surface area (Å²) < 4.78 is 39.6. The first-order chi connectivity index (χ1) is 6.38. The van der Waals surface area contributed by atoms with Crippen LogP contribution in [0.2, 0.25) is 0 Å². The highest BCUT2D eigenvalue weighted by Gasteiger charge is 2.28. The third-order valence-corrected chi connectivity index (χ3v) is 1.49. The van der Waals surface area contributed by atoms with Gasteiger partial charge in [-0.2, -0.15) is 18.2 Å². The van der Waals surface area contributed by atoms with Gasteiger partial charge in [0.1, 0.15) is 5.82 Å². The van der Waals surface area contributed by atoms with Crippen molar-refractivity contribution in [2.24, 2.45) is 0 Å². The van der Waals surface area contributed by atoms with E-state index in [0.717, 1.165) is 0 Å². The van der Waals surface area contributed by atoms with Gasteiger partial charge in [0.25, 0.3) is 0 Å². The van der Waals surface area contributed by atoms with Crippen molar-refractivity contribution in [2.45, 2.75) is 13.1 Å². The van der Waals surface area contributed by atoms with Crippen LogP contribution in [0.3, 0.4) is 0 Å². The molecular weight excluding hydrogens is 197 g/mol. The van der Waals surface area contributed by atoms with E-state index in [2.05, 4.69) is 9.72 Å². The minimum Gasteiger partial charge on any atom is -0.468 e. The zero-order chi connectivity index (χ0) is 10.8. The van der Waals surface area contributed by atoms with E-state index in [1.165, 1.54) is 6.07 Å². The third-order valence-electron chi connectivity index (χ3n) is 1.49. The second-order valence-corrected chi connectivity index (χ2v) is 2.76. The summed E-state index contributed by atoms with van der Waals surface area (Å²) in [6, 6.07) is 2.89. The predicted molar refractivity (Wildman–Crippen MR) is 44.9 cm³/mol. The fourth-order valence-electron chi connectivity index (χ4n) is 0.762. The number of halogens is 3. The van der Waals surface area contributed by atoms with Crippen LogP contribution >= 0.6 is 0 Å². The summed E-state index contributed by atoms with van der Waals surface area (Å²) in [6.45, 7) is 0.346. The number of pyridine rings is 1. The Balaban J connectivity index is 2.65. The average Bonchev–Trinajstić information content (AvgIpc) is 2.06. The van der Waals surface area contributed by atoms with Crippen molar-refractivity contribution in [3.8, 4) is 5.88 Å². The molecule has 1 aromatic rings. The minimum absolute atomic E-state index is 0.120. The summed E-state index contributed by atoms with van der Waals surface area (Å²) in [5.41, 5.74) is 6.09. The van der Waals surface area contributed by atoms with Crippen molar-refractivity contribution >= 4 is 5.82 Å². The summed E-state index contributed by atoms with van der Waals surface area (Å²) in [5.74, 6) is 0.0510. The molecule has 1 aromatic heterocycles. The van der Waals surface area contributed by atoms with Crippen molar-refractivity contribution in [1.82, 2.24) is 4.98 Å². The van der Waals surface area contributed by atoms with Crippen LogP contribution in [-0.2, 0) is 0 Å². The summed E-state index contributed by atoms with van der Waals surface area (Å²) >= 11 is 0. The maximum Gasteiger partial charge on any atom is 0.422 e. The minimum atomic E-state index is -4.36. The maximum atomic E-state index is 11.7. The second-order valence-electron chi connectivity index (χ2n) is 2.76. The lowest BCUT2D eigenvalue weighted by Gasteiger charge is -2.08. The lowest BCUT2D eigenvalue weighted by Crippen LogP contribution is -2.19. The number of nitrogens with two attached hydrogens (primary N) is 1. The van der Waals surface area contributed by atoms with Gasteiger partial charge in [0.05, 0.1) is 0 Å². The molecule has 0 atom stereocenters. The molecule has 0 spiro atoms. The van der Waals surface area contributed by atoms with Crippen LogP contribution in [0, 0.1) is 6.92 Å². The lowest BCUT2D eigenvalue weighted by molar-refractivity contribution is -0.154. The van der Waals surface area contributed by atoms with Gasteiger partial charge in [0.15, 0.2) is 6.61 Å². The van der Waals surface area contributed by atoms with Gasteiger partial charge in [-0.1, -0.05) is 6.07 Å². The van der Waals surface area contributed by atoms with Gasteiger partial charge in [-0.05, 0) is 12.5 Å². The Kier molecular flexibility index (Phi) is 2.83. The van der Waals surface area contributed by atoms with Gasteiger partial charge in [0.2, 0.25) is 5.88 Å². The van der Waals surface area contributed by atoms with Gasteiger partial charge in [0, 0.05) is 6.07 Å². The Morgan fingerprint density at radius 2 is 2.07 bits per heavy atom. The molecule has 3 nitrogen and oxygen atoms in total. The van der Waals surface area contributed by atoms with Crippen molar-refractivity contribution in [1.29, 1.82) is 0 Å². The van der Waals surface area contributed by atoms with Gasteiger partial charge < -0.3 is 10.5 Å². The third kappa shape index (κ3) is 3.12. The first-order valence-corrected chi connectivity index (χ1v) is 3.81. The van der Waals surface area contributed by atoms with Crippen LogP contribution in [0.5, 0.6) is 5.88 Å². The van der Waals surface area contributed by atoms with Crippen molar-refractivity contribution in [3.05, 3.63) is 17.7 Å². The molecule has 6 heteroatoms. The summed E-state index contributed by atoms with van der Waals surface area (Å²) in [4.78, 5) is 3.63. The molecule has 0 aliphatic carbocycles. The normalized spacial score (nSPS) is 11.4. The number of aryl methyl sites for hydroxylation is 1. The molecule has 14 heavy (non-hydrogen) atoms. The average molecular weight is 206 g/mol. The summed E-state index contributed by atoms with van der Waals surface area (Å²) in [6.07, 6.45) is -4.36. The van der Waals surface area contributed by atoms with Crippen molar-refractivity contribution in [2.75, 3.05) is 12.3 Å². The number of hydrogen-bond donors (Lipinski definition) is 1. The largest absolute Gasteiger partial charge is 0.468 e. The molecule has 0 fully saturated rings. The van der Waals surface area contributed by atoms with Crippen LogP contribution in [0.1, 0.15) is 5.56 Å². The van der Waals surface area contributed by atoms with E-state index in [4.69, 9.17) is 5.73 Å². The van der Waals surface area contributed by atoms with E-state index in [1.807, 2.05) is 0 Å². The molecule has 0 aromatic carbocycles. The molecule has 1 heterocycles. The summed E-state index contributed by atoms with van der Waals surface area (Å²) in [5, 5.41) is 0. The van der Waals surface area contributed by atoms with E-state index in [-0.39, 0.29) is 11.7 Å². The van der Waals surface area contributed by atoms with E-state index < -0.39 is 12.8 Å². The number of anilines is 1. The number of hydrogen-bond acceptors (Lipinski definition) is 3. The Bertz CT molecular complexity index is 325. The quantitative estimate of drug-likeness (QED) is 0.804. The highest BCUT2D eigenvalue weighted by atomic mass is 19.4. The van der Waals surface area contributed by atoms with Crippen molar-refractivity contribution < 1.29 is 17.9 Å². The molecule has 1 rings (SSSR count). The van der Waals surface area contributed by atoms with E-state index in [1.54, 1.807) is 13.0 Å². The highest BCUT2D eigenvalue weighted by Crippen LogP contribution is 2.18. The Hall–Kier alpha value is -1.46. The van der Waals surface area contributed by atoms with Gasteiger partial charge in [-0.25, -0.2) is 0 Å². The number of nitrogens with zero attached hydrogens (tertiary/aromatic N) is 1. The van der Waals surface area contributed by atoms with E-state index >= 15 is 0 Å². The molecule has 0 unspecified atom stereocenters. The predicted octanol–water partition coefficient (Wildman–Crippen LogP) is 1.91. The number of ether oxygens (including phenoxy) is 1. The van der Waals surface area contributed by atoms with Crippen LogP contribution in [0.25, 0.3) is 0 Å². The Morgan fingerprint density at radius 3 is 2.57 bits per heavy atom.